The third kappa shape index (κ3) is 6.38. The molecule has 0 radical (unpaired) electrons. The van der Waals surface area contributed by atoms with Gasteiger partial charge in [0.05, 0.1) is 12.7 Å². The lowest BCUT2D eigenvalue weighted by Crippen LogP contribution is -2.29. The van der Waals surface area contributed by atoms with Crippen molar-refractivity contribution in [1.29, 1.82) is 0 Å². The molecule has 1 atom stereocenters. The first kappa shape index (κ1) is 11.7. The molecule has 0 aromatic rings. The molecule has 0 heterocycles. The van der Waals surface area contributed by atoms with E-state index in [1.807, 2.05) is 0 Å². The Morgan fingerprint density at radius 3 is 2.75 bits per heavy atom. The highest BCUT2D eigenvalue weighted by atomic mass is 16.5. The zero-order valence-corrected chi connectivity index (χ0v) is 8.31. The van der Waals surface area contributed by atoms with Crippen LogP contribution in [-0.4, -0.2) is 25.8 Å². The molecule has 0 aromatic carbocycles. The molecule has 0 bridgehead atoms. The molecule has 0 fully saturated rings. The molecule has 0 aromatic heterocycles. The molecule has 72 valence electrons. The van der Waals surface area contributed by atoms with Crippen LogP contribution in [0.2, 0.25) is 0 Å². The summed E-state index contributed by atoms with van der Waals surface area (Å²) in [5.41, 5.74) is 0. The van der Waals surface area contributed by atoms with Crippen LogP contribution in [0, 0.1) is 0 Å². The Morgan fingerprint density at radius 2 is 2.25 bits per heavy atom. The molecular weight excluding hydrogens is 150 g/mol. The highest BCUT2D eigenvalue weighted by Gasteiger charge is 2.03. The molecule has 2 nitrogen and oxygen atoms in total. The number of hydrogen-bond donors (Lipinski definition) is 1. The number of ether oxygens (including phenoxy) is 1. The lowest BCUT2D eigenvalue weighted by Gasteiger charge is -2.15. The Labute approximate surface area is 76.0 Å². The van der Waals surface area contributed by atoms with Crippen molar-refractivity contribution in [2.45, 2.75) is 32.8 Å². The Hall–Kier alpha value is -0.340. The molecule has 0 aliphatic heterocycles. The fourth-order valence-corrected chi connectivity index (χ4v) is 0.965. The highest BCUT2D eigenvalue weighted by molar-refractivity contribution is 4.67. The van der Waals surface area contributed by atoms with Crippen LogP contribution in [0.4, 0.5) is 0 Å². The van der Waals surface area contributed by atoms with E-state index in [1.54, 1.807) is 6.08 Å². The van der Waals surface area contributed by atoms with Crippen LogP contribution in [0.5, 0.6) is 0 Å². The predicted octanol–water partition coefficient (Wildman–Crippen LogP) is 1.97. The van der Waals surface area contributed by atoms with Gasteiger partial charge in [-0.3, -0.25) is 0 Å². The predicted molar refractivity (Wildman–Crippen MR) is 53.4 cm³/mol. The van der Waals surface area contributed by atoms with E-state index in [0.717, 1.165) is 19.5 Å². The SMILES string of the molecule is C=CCOC(CC)CNCCC. The summed E-state index contributed by atoms with van der Waals surface area (Å²) in [6.07, 6.45) is 4.37. The third-order valence-corrected chi connectivity index (χ3v) is 1.70. The van der Waals surface area contributed by atoms with Gasteiger partial charge < -0.3 is 10.1 Å². The van der Waals surface area contributed by atoms with Crippen molar-refractivity contribution in [3.63, 3.8) is 0 Å². The van der Waals surface area contributed by atoms with Crippen molar-refractivity contribution >= 4 is 0 Å². The molecule has 0 saturated heterocycles. The first-order chi connectivity index (χ1) is 5.85. The van der Waals surface area contributed by atoms with Crippen molar-refractivity contribution < 1.29 is 4.74 Å². The zero-order valence-electron chi connectivity index (χ0n) is 8.31. The standard InChI is InChI=1S/C10H21NO/c1-4-7-11-9-10(6-3)12-8-5-2/h5,10-11H,2,4,6-9H2,1,3H3. The Kier molecular flexibility index (Phi) is 8.51. The van der Waals surface area contributed by atoms with E-state index in [0.29, 0.717) is 12.7 Å². The van der Waals surface area contributed by atoms with E-state index >= 15 is 0 Å². The summed E-state index contributed by atoms with van der Waals surface area (Å²) in [5, 5.41) is 3.34. The quantitative estimate of drug-likeness (QED) is 0.445. The van der Waals surface area contributed by atoms with E-state index in [4.69, 9.17) is 4.74 Å². The zero-order chi connectivity index (χ0) is 9.23. The van der Waals surface area contributed by atoms with E-state index in [2.05, 4.69) is 25.7 Å². The number of hydrogen-bond acceptors (Lipinski definition) is 2. The summed E-state index contributed by atoms with van der Waals surface area (Å²) in [6.45, 7) is 10.6. The van der Waals surface area contributed by atoms with Gasteiger partial charge in [-0.25, -0.2) is 0 Å². The summed E-state index contributed by atoms with van der Waals surface area (Å²) in [6, 6.07) is 0. The fraction of sp³-hybridized carbons (Fsp3) is 0.800. The minimum atomic E-state index is 0.342. The van der Waals surface area contributed by atoms with Crippen molar-refractivity contribution in [2.24, 2.45) is 0 Å². The van der Waals surface area contributed by atoms with Gasteiger partial charge >= 0.3 is 0 Å². The molecule has 0 aliphatic rings. The van der Waals surface area contributed by atoms with Gasteiger partial charge in [0.2, 0.25) is 0 Å². The molecule has 1 N–H and O–H groups in total. The largest absolute Gasteiger partial charge is 0.373 e. The van der Waals surface area contributed by atoms with E-state index < -0.39 is 0 Å². The summed E-state index contributed by atoms with van der Waals surface area (Å²) in [7, 11) is 0. The third-order valence-electron chi connectivity index (χ3n) is 1.70. The van der Waals surface area contributed by atoms with Gasteiger partial charge in [-0.15, -0.1) is 6.58 Å². The summed E-state index contributed by atoms with van der Waals surface area (Å²) < 4.78 is 5.51. The lowest BCUT2D eigenvalue weighted by atomic mass is 10.2. The monoisotopic (exact) mass is 171 g/mol. The van der Waals surface area contributed by atoms with E-state index in [1.165, 1.54) is 6.42 Å². The van der Waals surface area contributed by atoms with E-state index in [9.17, 15) is 0 Å². The number of rotatable bonds is 8. The summed E-state index contributed by atoms with van der Waals surface area (Å²) >= 11 is 0. The first-order valence-corrected chi connectivity index (χ1v) is 4.78. The molecule has 0 rings (SSSR count). The molecule has 0 spiro atoms. The molecule has 12 heavy (non-hydrogen) atoms. The number of nitrogens with one attached hydrogen (secondary N) is 1. The first-order valence-electron chi connectivity index (χ1n) is 4.78. The van der Waals surface area contributed by atoms with Gasteiger partial charge in [-0.1, -0.05) is 19.9 Å². The topological polar surface area (TPSA) is 21.3 Å². The maximum Gasteiger partial charge on any atom is 0.0701 e. The Balaban J connectivity index is 3.32. The molecule has 0 saturated carbocycles. The maximum absolute atomic E-state index is 5.51. The lowest BCUT2D eigenvalue weighted by molar-refractivity contribution is 0.0715. The van der Waals surface area contributed by atoms with Gasteiger partial charge in [-0.05, 0) is 19.4 Å². The van der Waals surface area contributed by atoms with Crippen molar-refractivity contribution in [2.75, 3.05) is 19.7 Å². The second-order valence-corrected chi connectivity index (χ2v) is 2.86. The smallest absolute Gasteiger partial charge is 0.0701 e. The molecule has 0 aliphatic carbocycles. The fourth-order valence-electron chi connectivity index (χ4n) is 0.965. The molecular formula is C10H21NO. The van der Waals surface area contributed by atoms with Crippen LogP contribution < -0.4 is 5.32 Å². The van der Waals surface area contributed by atoms with Crippen LogP contribution in [0.3, 0.4) is 0 Å². The van der Waals surface area contributed by atoms with Gasteiger partial charge in [0.15, 0.2) is 0 Å². The van der Waals surface area contributed by atoms with Crippen molar-refractivity contribution in [3.05, 3.63) is 12.7 Å². The van der Waals surface area contributed by atoms with Crippen molar-refractivity contribution in [1.82, 2.24) is 5.32 Å². The van der Waals surface area contributed by atoms with Gasteiger partial charge in [0.1, 0.15) is 0 Å². The van der Waals surface area contributed by atoms with Crippen LogP contribution >= 0.6 is 0 Å². The Bertz CT molecular complexity index is 104. The van der Waals surface area contributed by atoms with Crippen molar-refractivity contribution in [3.8, 4) is 0 Å². The van der Waals surface area contributed by atoms with Crippen LogP contribution in [0.15, 0.2) is 12.7 Å². The second-order valence-electron chi connectivity index (χ2n) is 2.86. The van der Waals surface area contributed by atoms with E-state index in [-0.39, 0.29) is 0 Å². The molecule has 2 heteroatoms. The minimum absolute atomic E-state index is 0.342. The second kappa shape index (κ2) is 8.75. The molecule has 0 amide bonds. The Morgan fingerprint density at radius 1 is 1.50 bits per heavy atom. The minimum Gasteiger partial charge on any atom is -0.373 e. The van der Waals surface area contributed by atoms with Gasteiger partial charge in [0, 0.05) is 6.54 Å². The van der Waals surface area contributed by atoms with Gasteiger partial charge in [0.25, 0.3) is 0 Å². The normalized spacial score (nSPS) is 12.8. The van der Waals surface area contributed by atoms with Gasteiger partial charge in [-0.2, -0.15) is 0 Å². The average Bonchev–Trinajstić information content (AvgIpc) is 2.11. The maximum atomic E-state index is 5.51. The highest BCUT2D eigenvalue weighted by Crippen LogP contribution is 1.95. The molecule has 1 unspecified atom stereocenters. The summed E-state index contributed by atoms with van der Waals surface area (Å²) in [5.74, 6) is 0. The van der Waals surface area contributed by atoms with Crippen LogP contribution in [0.25, 0.3) is 0 Å². The van der Waals surface area contributed by atoms with Crippen LogP contribution in [0.1, 0.15) is 26.7 Å². The summed E-state index contributed by atoms with van der Waals surface area (Å²) in [4.78, 5) is 0. The van der Waals surface area contributed by atoms with Crippen LogP contribution in [-0.2, 0) is 4.74 Å². The average molecular weight is 171 g/mol.